The molecule has 5 nitrogen and oxygen atoms in total. The molecule has 0 unspecified atom stereocenters. The van der Waals surface area contributed by atoms with Crippen LogP contribution < -0.4 is 0 Å². The van der Waals surface area contributed by atoms with Gasteiger partial charge in [0.15, 0.2) is 0 Å². The van der Waals surface area contributed by atoms with Gasteiger partial charge < -0.3 is 15.2 Å². The Kier molecular flexibility index (Phi) is 4.31. The number of rotatable bonds is 6. The number of nitrogens with one attached hydrogen (secondary N) is 1. The second-order valence-corrected chi connectivity index (χ2v) is 4.12. The van der Waals surface area contributed by atoms with Crippen molar-refractivity contribution in [2.45, 2.75) is 39.5 Å². The summed E-state index contributed by atoms with van der Waals surface area (Å²) in [5.41, 5.74) is 3.81. The summed E-state index contributed by atoms with van der Waals surface area (Å²) in [6, 6.07) is 0. The number of carbonyl (C=O) groups is 2. The fourth-order valence-electron chi connectivity index (χ4n) is 1.95. The van der Waals surface area contributed by atoms with Gasteiger partial charge in [0.1, 0.15) is 0 Å². The fourth-order valence-corrected chi connectivity index (χ4v) is 1.95. The van der Waals surface area contributed by atoms with Crippen LogP contribution in [0, 0.1) is 13.8 Å². The van der Waals surface area contributed by atoms with Crippen molar-refractivity contribution in [3.05, 3.63) is 22.5 Å². The number of aromatic nitrogens is 1. The second kappa shape index (κ2) is 5.52. The number of carboxylic acids is 2. The standard InChI is InChI=1S/C12H17NO4/c1-7-9(3-5-11(14)15)8(2)13-10(7)4-6-12(16)17/h13H,3-6H2,1-2H3,(H,14,15)(H,16,17). The van der Waals surface area contributed by atoms with Crippen LogP contribution in [0.3, 0.4) is 0 Å². The summed E-state index contributed by atoms with van der Waals surface area (Å²) in [7, 11) is 0. The third-order valence-electron chi connectivity index (χ3n) is 2.87. The van der Waals surface area contributed by atoms with Crippen LogP contribution in [0.5, 0.6) is 0 Å². The van der Waals surface area contributed by atoms with Crippen LogP contribution in [0.4, 0.5) is 0 Å². The molecule has 1 aromatic heterocycles. The molecule has 3 N–H and O–H groups in total. The van der Waals surface area contributed by atoms with Crippen LogP contribution in [0.25, 0.3) is 0 Å². The minimum atomic E-state index is -0.830. The lowest BCUT2D eigenvalue weighted by atomic mass is 10.0. The van der Waals surface area contributed by atoms with Gasteiger partial charge in [0, 0.05) is 17.8 Å². The zero-order valence-electron chi connectivity index (χ0n) is 10.0. The van der Waals surface area contributed by atoms with Crippen molar-refractivity contribution in [1.29, 1.82) is 0 Å². The maximum Gasteiger partial charge on any atom is 0.303 e. The first-order valence-corrected chi connectivity index (χ1v) is 5.52. The van der Waals surface area contributed by atoms with Gasteiger partial charge in [-0.3, -0.25) is 9.59 Å². The Morgan fingerprint density at radius 1 is 1.06 bits per heavy atom. The van der Waals surface area contributed by atoms with Gasteiger partial charge in [0.05, 0.1) is 6.42 Å². The first kappa shape index (κ1) is 13.3. The van der Waals surface area contributed by atoms with Crippen molar-refractivity contribution >= 4 is 11.9 Å². The summed E-state index contributed by atoms with van der Waals surface area (Å²) in [5.74, 6) is -1.65. The van der Waals surface area contributed by atoms with Gasteiger partial charge >= 0.3 is 11.9 Å². The van der Waals surface area contributed by atoms with E-state index in [1.54, 1.807) is 0 Å². The predicted octanol–water partition coefficient (Wildman–Crippen LogP) is 1.67. The van der Waals surface area contributed by atoms with E-state index in [0.29, 0.717) is 12.8 Å². The lowest BCUT2D eigenvalue weighted by molar-refractivity contribution is -0.138. The monoisotopic (exact) mass is 239 g/mol. The third kappa shape index (κ3) is 3.62. The minimum absolute atomic E-state index is 0.0825. The Labute approximate surface area is 99.5 Å². The number of aliphatic carboxylic acids is 2. The molecule has 0 saturated carbocycles. The van der Waals surface area contributed by atoms with Crippen LogP contribution in [0.1, 0.15) is 35.4 Å². The summed E-state index contributed by atoms with van der Waals surface area (Å²) in [6.45, 7) is 3.78. The molecule has 94 valence electrons. The van der Waals surface area contributed by atoms with E-state index in [1.807, 2.05) is 13.8 Å². The SMILES string of the molecule is Cc1[nH]c(CCC(=O)O)c(C)c1CCC(=O)O. The molecule has 0 atom stereocenters. The van der Waals surface area contributed by atoms with E-state index in [-0.39, 0.29) is 12.8 Å². The molecule has 0 saturated heterocycles. The van der Waals surface area contributed by atoms with Crippen molar-refractivity contribution in [3.8, 4) is 0 Å². The number of hydrogen-bond donors (Lipinski definition) is 3. The number of aromatic amines is 1. The first-order valence-electron chi connectivity index (χ1n) is 5.52. The van der Waals surface area contributed by atoms with E-state index in [4.69, 9.17) is 10.2 Å². The maximum atomic E-state index is 10.5. The first-order chi connectivity index (χ1) is 7.91. The Bertz CT molecular complexity index is 434. The third-order valence-corrected chi connectivity index (χ3v) is 2.87. The Morgan fingerprint density at radius 3 is 2.12 bits per heavy atom. The number of carboxylic acid groups (broad SMARTS) is 2. The van der Waals surface area contributed by atoms with Gasteiger partial charge in [-0.05, 0) is 37.8 Å². The van der Waals surface area contributed by atoms with Crippen LogP contribution in [-0.4, -0.2) is 27.1 Å². The molecule has 1 heterocycles. The highest BCUT2D eigenvalue weighted by molar-refractivity contribution is 5.68. The molecule has 5 heteroatoms. The van der Waals surface area contributed by atoms with E-state index in [1.165, 1.54) is 0 Å². The molecule has 0 fully saturated rings. The quantitative estimate of drug-likeness (QED) is 0.704. The van der Waals surface area contributed by atoms with Gasteiger partial charge in [0.2, 0.25) is 0 Å². The Balaban J connectivity index is 2.78. The highest BCUT2D eigenvalue weighted by Crippen LogP contribution is 2.20. The molecule has 0 spiro atoms. The number of H-pyrrole nitrogens is 1. The highest BCUT2D eigenvalue weighted by atomic mass is 16.4. The van der Waals surface area contributed by atoms with Crippen molar-refractivity contribution in [2.75, 3.05) is 0 Å². The Morgan fingerprint density at radius 2 is 1.59 bits per heavy atom. The molecule has 0 aromatic carbocycles. The molecule has 0 aliphatic rings. The average molecular weight is 239 g/mol. The smallest absolute Gasteiger partial charge is 0.303 e. The van der Waals surface area contributed by atoms with Gasteiger partial charge in [-0.1, -0.05) is 0 Å². The molecule has 0 bridgehead atoms. The van der Waals surface area contributed by atoms with E-state index in [9.17, 15) is 9.59 Å². The summed E-state index contributed by atoms with van der Waals surface area (Å²) in [6.07, 6.45) is 1.11. The molecule has 0 aliphatic carbocycles. The zero-order valence-corrected chi connectivity index (χ0v) is 10.0. The van der Waals surface area contributed by atoms with Gasteiger partial charge in [-0.15, -0.1) is 0 Å². The number of aryl methyl sites for hydroxylation is 2. The second-order valence-electron chi connectivity index (χ2n) is 4.12. The van der Waals surface area contributed by atoms with E-state index >= 15 is 0 Å². The molecule has 1 aromatic rings. The summed E-state index contributed by atoms with van der Waals surface area (Å²) < 4.78 is 0. The fraction of sp³-hybridized carbons (Fsp3) is 0.500. The molecule has 0 amide bonds. The van der Waals surface area contributed by atoms with Crippen LogP contribution in [0.2, 0.25) is 0 Å². The summed E-state index contributed by atoms with van der Waals surface area (Å²) in [5, 5.41) is 17.3. The van der Waals surface area contributed by atoms with E-state index in [0.717, 1.165) is 22.5 Å². The van der Waals surface area contributed by atoms with Crippen molar-refractivity contribution in [2.24, 2.45) is 0 Å². The number of hydrogen-bond acceptors (Lipinski definition) is 2. The Hall–Kier alpha value is -1.78. The van der Waals surface area contributed by atoms with Crippen molar-refractivity contribution in [1.82, 2.24) is 4.98 Å². The zero-order chi connectivity index (χ0) is 13.0. The molecular weight excluding hydrogens is 222 g/mol. The predicted molar refractivity (Wildman–Crippen MR) is 62.2 cm³/mol. The van der Waals surface area contributed by atoms with Gasteiger partial charge in [0.25, 0.3) is 0 Å². The van der Waals surface area contributed by atoms with Crippen molar-refractivity contribution < 1.29 is 19.8 Å². The summed E-state index contributed by atoms with van der Waals surface area (Å²) in [4.78, 5) is 24.2. The molecule has 0 aliphatic heterocycles. The largest absolute Gasteiger partial charge is 0.481 e. The topological polar surface area (TPSA) is 90.4 Å². The lowest BCUT2D eigenvalue weighted by Gasteiger charge is -2.00. The maximum absolute atomic E-state index is 10.5. The molecular formula is C12H17NO4. The van der Waals surface area contributed by atoms with Gasteiger partial charge in [-0.2, -0.15) is 0 Å². The van der Waals surface area contributed by atoms with Crippen LogP contribution in [-0.2, 0) is 22.4 Å². The van der Waals surface area contributed by atoms with E-state index < -0.39 is 11.9 Å². The van der Waals surface area contributed by atoms with Crippen LogP contribution >= 0.6 is 0 Å². The highest BCUT2D eigenvalue weighted by Gasteiger charge is 2.13. The summed E-state index contributed by atoms with van der Waals surface area (Å²) >= 11 is 0. The molecule has 0 radical (unpaired) electrons. The van der Waals surface area contributed by atoms with Gasteiger partial charge in [-0.25, -0.2) is 0 Å². The normalized spacial score (nSPS) is 10.5. The van der Waals surface area contributed by atoms with Crippen molar-refractivity contribution in [3.63, 3.8) is 0 Å². The van der Waals surface area contributed by atoms with Crippen LogP contribution in [0.15, 0.2) is 0 Å². The van der Waals surface area contributed by atoms with E-state index in [2.05, 4.69) is 4.98 Å². The molecule has 1 rings (SSSR count). The lowest BCUT2D eigenvalue weighted by Crippen LogP contribution is -2.00. The minimum Gasteiger partial charge on any atom is -0.481 e. The molecule has 17 heavy (non-hydrogen) atoms. The average Bonchev–Trinajstić information content (AvgIpc) is 2.48.